The van der Waals surface area contributed by atoms with Gasteiger partial charge in [-0.05, 0) is 51.4 Å². The van der Waals surface area contributed by atoms with Crippen LogP contribution in [0, 0.1) is 0 Å². The van der Waals surface area contributed by atoms with Crippen molar-refractivity contribution >= 4 is 19.5 Å². The number of aldehydes is 1. The van der Waals surface area contributed by atoms with Crippen LogP contribution in [0.1, 0.15) is 43.6 Å². The number of benzene rings is 1. The molecule has 0 spiro atoms. The summed E-state index contributed by atoms with van der Waals surface area (Å²) < 4.78 is 11.8. The molecule has 2 rings (SSSR count). The summed E-state index contributed by atoms with van der Waals surface area (Å²) in [5, 5.41) is 19.5. The molecular weight excluding hydrogens is 283 g/mol. The first kappa shape index (κ1) is 16.7. The average Bonchev–Trinajstić information content (AvgIpc) is 2.66. The normalized spacial score (nSPS) is 20.2. The fourth-order valence-corrected chi connectivity index (χ4v) is 2.14. The van der Waals surface area contributed by atoms with Crippen LogP contribution in [0.3, 0.4) is 0 Å². The van der Waals surface area contributed by atoms with Gasteiger partial charge in [0.2, 0.25) is 0 Å². The van der Waals surface area contributed by atoms with Crippen molar-refractivity contribution in [1.82, 2.24) is 0 Å². The molecule has 1 heterocycles. The second-order valence-corrected chi connectivity index (χ2v) is 6.40. The Morgan fingerprint density at radius 3 is 2.32 bits per heavy atom. The number of rotatable bonds is 4. The SMILES string of the molecule is CC1(C)OB(C(=Cc2cc(C=O)ccc2O)CO)OC1(C)C. The van der Waals surface area contributed by atoms with Gasteiger partial charge >= 0.3 is 7.12 Å². The molecule has 1 aliphatic heterocycles. The van der Waals surface area contributed by atoms with Gasteiger partial charge in [0.05, 0.1) is 17.8 Å². The van der Waals surface area contributed by atoms with E-state index in [9.17, 15) is 15.0 Å². The Morgan fingerprint density at radius 1 is 1.23 bits per heavy atom. The van der Waals surface area contributed by atoms with Crippen LogP contribution in [0.15, 0.2) is 23.7 Å². The lowest BCUT2D eigenvalue weighted by Crippen LogP contribution is -2.41. The fraction of sp³-hybridized carbons (Fsp3) is 0.438. The zero-order valence-electron chi connectivity index (χ0n) is 13.3. The Bertz CT molecular complexity index is 591. The lowest BCUT2D eigenvalue weighted by Gasteiger charge is -2.32. The third-order valence-electron chi connectivity index (χ3n) is 4.27. The van der Waals surface area contributed by atoms with Gasteiger partial charge < -0.3 is 19.5 Å². The minimum atomic E-state index is -0.700. The van der Waals surface area contributed by atoms with Crippen molar-refractivity contribution in [3.05, 3.63) is 34.8 Å². The number of hydrogen-bond donors (Lipinski definition) is 2. The molecule has 22 heavy (non-hydrogen) atoms. The molecule has 0 aliphatic carbocycles. The van der Waals surface area contributed by atoms with Crippen molar-refractivity contribution in [2.75, 3.05) is 6.61 Å². The molecule has 0 aromatic heterocycles. The molecule has 0 atom stereocenters. The monoisotopic (exact) mass is 304 g/mol. The topological polar surface area (TPSA) is 76.0 Å². The van der Waals surface area contributed by atoms with E-state index in [4.69, 9.17) is 9.31 Å². The number of carbonyl (C=O) groups is 1. The highest BCUT2D eigenvalue weighted by Gasteiger charge is 2.52. The Hall–Kier alpha value is -1.63. The Labute approximate surface area is 130 Å². The zero-order valence-corrected chi connectivity index (χ0v) is 13.3. The zero-order chi connectivity index (χ0) is 16.5. The number of aromatic hydroxyl groups is 1. The number of aliphatic hydroxyl groups is 1. The third kappa shape index (κ3) is 3.09. The predicted octanol–water partition coefficient (Wildman–Crippen LogP) is 2.21. The van der Waals surface area contributed by atoms with E-state index in [1.54, 1.807) is 12.1 Å². The molecule has 0 bridgehead atoms. The maximum Gasteiger partial charge on any atom is 0.492 e. The van der Waals surface area contributed by atoms with Crippen molar-refractivity contribution < 1.29 is 24.3 Å². The number of hydrogen-bond acceptors (Lipinski definition) is 5. The summed E-state index contributed by atoms with van der Waals surface area (Å²) in [5.74, 6) is 0.0214. The van der Waals surface area contributed by atoms with Crippen molar-refractivity contribution in [2.24, 2.45) is 0 Å². The van der Waals surface area contributed by atoms with E-state index in [2.05, 4.69) is 0 Å². The number of phenols is 1. The first-order valence-corrected chi connectivity index (χ1v) is 7.15. The van der Waals surface area contributed by atoms with Crippen LogP contribution in [0.4, 0.5) is 0 Å². The molecular formula is C16H21BO5. The summed E-state index contributed by atoms with van der Waals surface area (Å²) in [6.45, 7) is 7.42. The maximum atomic E-state index is 10.9. The van der Waals surface area contributed by atoms with Crippen LogP contribution >= 0.6 is 0 Å². The van der Waals surface area contributed by atoms with Crippen LogP contribution in [-0.4, -0.2) is 41.4 Å². The van der Waals surface area contributed by atoms with Crippen molar-refractivity contribution in [1.29, 1.82) is 0 Å². The van der Waals surface area contributed by atoms with E-state index in [1.165, 1.54) is 12.1 Å². The molecule has 0 saturated carbocycles. The third-order valence-corrected chi connectivity index (χ3v) is 4.27. The van der Waals surface area contributed by atoms with Gasteiger partial charge in [-0.1, -0.05) is 6.08 Å². The summed E-state index contributed by atoms with van der Waals surface area (Å²) in [6.07, 6.45) is 2.29. The molecule has 118 valence electrons. The van der Waals surface area contributed by atoms with Gasteiger partial charge in [-0.2, -0.15) is 0 Å². The molecule has 0 unspecified atom stereocenters. The Morgan fingerprint density at radius 2 is 1.82 bits per heavy atom. The predicted molar refractivity (Wildman–Crippen MR) is 84.6 cm³/mol. The summed E-state index contributed by atoms with van der Waals surface area (Å²) >= 11 is 0. The number of aliphatic hydroxyl groups excluding tert-OH is 1. The first-order valence-electron chi connectivity index (χ1n) is 7.15. The minimum absolute atomic E-state index is 0.0214. The highest BCUT2D eigenvalue weighted by atomic mass is 16.7. The molecule has 0 radical (unpaired) electrons. The van der Waals surface area contributed by atoms with Gasteiger partial charge in [-0.15, -0.1) is 0 Å². The van der Waals surface area contributed by atoms with Gasteiger partial charge in [0.25, 0.3) is 0 Å². The van der Waals surface area contributed by atoms with E-state index < -0.39 is 18.3 Å². The van der Waals surface area contributed by atoms with Crippen molar-refractivity contribution in [3.63, 3.8) is 0 Å². The van der Waals surface area contributed by atoms with Crippen LogP contribution < -0.4 is 0 Å². The molecule has 0 amide bonds. The summed E-state index contributed by atoms with van der Waals surface area (Å²) in [4.78, 5) is 10.9. The lowest BCUT2D eigenvalue weighted by molar-refractivity contribution is 0.00578. The quantitative estimate of drug-likeness (QED) is 0.659. The standard InChI is InChI=1S/C16H21BO5/c1-15(2)16(3,4)22-17(21-15)13(10-19)8-12-7-11(9-18)5-6-14(12)20/h5-9,19-20H,10H2,1-4H3. The summed E-state index contributed by atoms with van der Waals surface area (Å²) in [7, 11) is -0.700. The van der Waals surface area contributed by atoms with Crippen molar-refractivity contribution in [3.8, 4) is 5.75 Å². The molecule has 1 aliphatic rings. The second-order valence-electron chi connectivity index (χ2n) is 6.40. The van der Waals surface area contributed by atoms with Gasteiger partial charge in [0.15, 0.2) is 0 Å². The largest absolute Gasteiger partial charge is 0.507 e. The van der Waals surface area contributed by atoms with Gasteiger partial charge in [0, 0.05) is 11.1 Å². The van der Waals surface area contributed by atoms with Gasteiger partial charge in [-0.25, -0.2) is 0 Å². The smallest absolute Gasteiger partial charge is 0.492 e. The van der Waals surface area contributed by atoms with E-state index >= 15 is 0 Å². The van der Waals surface area contributed by atoms with Gasteiger partial charge in [-0.3, -0.25) is 4.79 Å². The lowest BCUT2D eigenvalue weighted by atomic mass is 9.77. The Kier molecular flexibility index (Phi) is 4.47. The first-order chi connectivity index (χ1) is 10.2. The van der Waals surface area contributed by atoms with E-state index in [-0.39, 0.29) is 12.4 Å². The minimum Gasteiger partial charge on any atom is -0.507 e. The van der Waals surface area contributed by atoms with Crippen LogP contribution in [0.25, 0.3) is 6.08 Å². The van der Waals surface area contributed by atoms with E-state index in [0.29, 0.717) is 22.9 Å². The Balaban J connectivity index is 2.35. The van der Waals surface area contributed by atoms with Crippen LogP contribution in [0.5, 0.6) is 5.75 Å². The molecule has 5 nitrogen and oxygen atoms in total. The van der Waals surface area contributed by atoms with E-state index in [0.717, 1.165) is 0 Å². The summed E-state index contributed by atoms with van der Waals surface area (Å²) in [6, 6.07) is 4.51. The average molecular weight is 304 g/mol. The highest BCUT2D eigenvalue weighted by molar-refractivity contribution is 6.55. The molecule has 2 N–H and O–H groups in total. The highest BCUT2D eigenvalue weighted by Crippen LogP contribution is 2.39. The van der Waals surface area contributed by atoms with Gasteiger partial charge in [0.1, 0.15) is 12.0 Å². The molecule has 1 saturated heterocycles. The summed E-state index contributed by atoms with van der Waals surface area (Å²) in [5.41, 5.74) is 0.327. The molecule has 1 fully saturated rings. The number of phenolic OH excluding ortho intramolecular Hbond substituents is 1. The molecule has 6 heteroatoms. The maximum absolute atomic E-state index is 10.9. The van der Waals surface area contributed by atoms with Crippen molar-refractivity contribution in [2.45, 2.75) is 38.9 Å². The fourth-order valence-electron chi connectivity index (χ4n) is 2.14. The van der Waals surface area contributed by atoms with Crippen LogP contribution in [0.2, 0.25) is 0 Å². The van der Waals surface area contributed by atoms with Crippen LogP contribution in [-0.2, 0) is 9.31 Å². The second kappa shape index (κ2) is 5.87. The number of carbonyl (C=O) groups excluding carboxylic acids is 1. The molecule has 1 aromatic carbocycles. The molecule has 1 aromatic rings. The van der Waals surface area contributed by atoms with E-state index in [1.807, 2.05) is 27.7 Å².